The van der Waals surface area contributed by atoms with Crippen LogP contribution in [0.15, 0.2) is 6.20 Å². The second-order valence-corrected chi connectivity index (χ2v) is 14.3. The summed E-state index contributed by atoms with van der Waals surface area (Å²) in [5, 5.41) is 4.15. The van der Waals surface area contributed by atoms with Crippen LogP contribution >= 0.6 is 7.60 Å². The lowest BCUT2D eigenvalue weighted by molar-refractivity contribution is 0.0526. The van der Waals surface area contributed by atoms with Crippen molar-refractivity contribution in [3.8, 4) is 0 Å². The molecule has 8 nitrogen and oxygen atoms in total. The molecule has 0 aliphatic carbocycles. The molecule has 0 aliphatic heterocycles. The molecule has 10 heteroatoms. The first-order valence-corrected chi connectivity index (χ1v) is 14.1. The summed E-state index contributed by atoms with van der Waals surface area (Å²) < 4.78 is 36.2. The molecule has 0 fully saturated rings. The van der Waals surface area contributed by atoms with Crippen LogP contribution in [0.5, 0.6) is 0 Å². The van der Waals surface area contributed by atoms with Crippen LogP contribution in [0.3, 0.4) is 0 Å². The zero-order chi connectivity index (χ0) is 19.8. The molecule has 0 aliphatic rings. The Kier molecular flexibility index (Phi) is 9.19. The van der Waals surface area contributed by atoms with E-state index in [9.17, 15) is 9.36 Å². The lowest BCUT2D eigenvalue weighted by atomic mass is 10.4. The summed E-state index contributed by atoms with van der Waals surface area (Å²) in [5.74, 6) is -0.615. The Balaban J connectivity index is 3.13. The van der Waals surface area contributed by atoms with Gasteiger partial charge in [-0.2, -0.15) is 5.10 Å². The molecule has 1 heterocycles. The van der Waals surface area contributed by atoms with Crippen molar-refractivity contribution in [3.05, 3.63) is 11.8 Å². The van der Waals surface area contributed by atoms with Gasteiger partial charge in [0.05, 0.1) is 26.0 Å². The number of esters is 1. The van der Waals surface area contributed by atoms with Crippen molar-refractivity contribution in [1.29, 1.82) is 0 Å². The van der Waals surface area contributed by atoms with E-state index < -0.39 is 21.6 Å². The van der Waals surface area contributed by atoms with Crippen LogP contribution in [0, 0.1) is 0 Å². The molecule has 1 rings (SSSR count). The molecule has 1 aromatic heterocycles. The minimum atomic E-state index is -3.73. The van der Waals surface area contributed by atoms with Crippen LogP contribution in [0.4, 0.5) is 0 Å². The van der Waals surface area contributed by atoms with Crippen molar-refractivity contribution >= 4 is 27.1 Å². The highest BCUT2D eigenvalue weighted by atomic mass is 31.2. The van der Waals surface area contributed by atoms with Gasteiger partial charge >= 0.3 is 13.6 Å². The maximum Gasteiger partial charge on any atom is 0.380 e. The molecule has 0 saturated heterocycles. The van der Waals surface area contributed by atoms with Crippen LogP contribution < -0.4 is 5.44 Å². The number of aromatic nitrogens is 2. The van der Waals surface area contributed by atoms with Crippen molar-refractivity contribution in [2.45, 2.75) is 53.2 Å². The van der Waals surface area contributed by atoms with Crippen LogP contribution in [-0.2, 0) is 29.8 Å². The molecule has 0 saturated carbocycles. The van der Waals surface area contributed by atoms with Crippen molar-refractivity contribution in [2.75, 3.05) is 26.4 Å². The zero-order valence-electron chi connectivity index (χ0n) is 16.6. The molecule has 26 heavy (non-hydrogen) atoms. The van der Waals surface area contributed by atoms with Crippen molar-refractivity contribution in [1.82, 2.24) is 9.78 Å². The van der Waals surface area contributed by atoms with Gasteiger partial charge in [-0.1, -0.05) is 19.6 Å². The molecule has 0 spiro atoms. The van der Waals surface area contributed by atoms with Gasteiger partial charge in [-0.25, -0.2) is 9.48 Å². The van der Waals surface area contributed by atoms with E-state index in [0.717, 1.165) is 6.04 Å². The average molecular weight is 406 g/mol. The lowest BCUT2D eigenvalue weighted by Crippen LogP contribution is -2.28. The minimum absolute atomic E-state index is 0.0589. The fraction of sp³-hybridized carbons (Fsp3) is 0.750. The van der Waals surface area contributed by atoms with Gasteiger partial charge < -0.3 is 18.5 Å². The van der Waals surface area contributed by atoms with Gasteiger partial charge in [-0.05, 0) is 26.8 Å². The second-order valence-electron chi connectivity index (χ2n) is 6.78. The highest BCUT2D eigenvalue weighted by molar-refractivity contribution is 7.62. The van der Waals surface area contributed by atoms with Gasteiger partial charge in [0.2, 0.25) is 0 Å². The SMILES string of the molecule is CCOC(=O)c1cnn(COCC[Si](C)(C)C)c1P(=O)(OCC)OCC. The Bertz CT molecular complexity index is 619. The van der Waals surface area contributed by atoms with Gasteiger partial charge in [0.1, 0.15) is 12.3 Å². The molecule has 0 N–H and O–H groups in total. The normalized spacial score (nSPS) is 12.4. The molecule has 0 bridgehead atoms. The fourth-order valence-corrected chi connectivity index (χ4v) is 4.74. The van der Waals surface area contributed by atoms with Crippen molar-refractivity contribution < 1.29 is 27.9 Å². The largest absolute Gasteiger partial charge is 0.462 e. The first-order chi connectivity index (χ1) is 12.2. The Morgan fingerprint density at radius 3 is 2.27 bits per heavy atom. The van der Waals surface area contributed by atoms with Crippen LogP contribution in [0.1, 0.15) is 31.1 Å². The zero-order valence-corrected chi connectivity index (χ0v) is 18.5. The predicted molar refractivity (Wildman–Crippen MR) is 103 cm³/mol. The highest BCUT2D eigenvalue weighted by Gasteiger charge is 2.37. The van der Waals surface area contributed by atoms with E-state index in [0.29, 0.717) is 6.61 Å². The Morgan fingerprint density at radius 1 is 1.15 bits per heavy atom. The number of nitrogens with zero attached hydrogens (tertiary/aromatic N) is 2. The van der Waals surface area contributed by atoms with Gasteiger partial charge in [-0.3, -0.25) is 4.57 Å². The fourth-order valence-electron chi connectivity index (χ4n) is 2.14. The topological polar surface area (TPSA) is 88.9 Å². The maximum atomic E-state index is 13.3. The third-order valence-corrected chi connectivity index (χ3v) is 7.27. The quantitative estimate of drug-likeness (QED) is 0.228. The van der Waals surface area contributed by atoms with Gasteiger partial charge in [-0.15, -0.1) is 0 Å². The monoisotopic (exact) mass is 406 g/mol. The molecule has 150 valence electrons. The van der Waals surface area contributed by atoms with Crippen LogP contribution in [0.25, 0.3) is 0 Å². The smallest absolute Gasteiger partial charge is 0.380 e. The van der Waals surface area contributed by atoms with E-state index in [1.54, 1.807) is 20.8 Å². The first-order valence-electron chi connectivity index (χ1n) is 8.88. The number of carbonyl (C=O) groups is 1. The number of carbonyl (C=O) groups excluding carboxylic acids is 1. The van der Waals surface area contributed by atoms with E-state index in [2.05, 4.69) is 24.7 Å². The number of rotatable bonds is 12. The minimum Gasteiger partial charge on any atom is -0.462 e. The summed E-state index contributed by atoms with van der Waals surface area (Å²) in [6, 6.07) is 0.989. The molecular weight excluding hydrogens is 375 g/mol. The van der Waals surface area contributed by atoms with Crippen LogP contribution in [-0.4, -0.2) is 50.3 Å². The summed E-state index contributed by atoms with van der Waals surface area (Å²) in [6.45, 7) is 13.0. The predicted octanol–water partition coefficient (Wildman–Crippen LogP) is 3.26. The van der Waals surface area contributed by atoms with E-state index in [1.165, 1.54) is 10.9 Å². The van der Waals surface area contributed by atoms with E-state index in [-0.39, 0.29) is 37.5 Å². The number of ether oxygens (including phenoxy) is 2. The Hall–Kier alpha value is -0.993. The van der Waals surface area contributed by atoms with Crippen molar-refractivity contribution in [2.24, 2.45) is 0 Å². The van der Waals surface area contributed by atoms with Crippen molar-refractivity contribution in [3.63, 3.8) is 0 Å². The number of hydrogen-bond donors (Lipinski definition) is 0. The standard InChI is InChI=1S/C16H31N2O6PSi/c1-7-22-16(19)14-12-17-18(13-21-10-11-26(4,5)6)15(14)25(20,23-8-2)24-9-3/h12H,7-11,13H2,1-6H3. The summed E-state index contributed by atoms with van der Waals surface area (Å²) in [6.07, 6.45) is 1.32. The molecule has 0 amide bonds. The molecule has 0 atom stereocenters. The van der Waals surface area contributed by atoms with Gasteiger partial charge in [0, 0.05) is 14.7 Å². The average Bonchev–Trinajstić information content (AvgIpc) is 2.96. The van der Waals surface area contributed by atoms with Gasteiger partial charge in [0.25, 0.3) is 0 Å². The lowest BCUT2D eigenvalue weighted by Gasteiger charge is -2.20. The number of hydrogen-bond acceptors (Lipinski definition) is 7. The Labute approximate surface area is 156 Å². The summed E-state index contributed by atoms with van der Waals surface area (Å²) in [4.78, 5) is 12.3. The van der Waals surface area contributed by atoms with Gasteiger partial charge in [0.15, 0.2) is 5.44 Å². The van der Waals surface area contributed by atoms with E-state index in [1.807, 2.05) is 0 Å². The summed E-state index contributed by atoms with van der Waals surface area (Å²) in [7, 11) is -4.96. The molecule has 0 unspecified atom stereocenters. The molecule has 1 aromatic rings. The van der Waals surface area contributed by atoms with E-state index in [4.69, 9.17) is 18.5 Å². The second kappa shape index (κ2) is 10.4. The third-order valence-electron chi connectivity index (χ3n) is 3.37. The highest BCUT2D eigenvalue weighted by Crippen LogP contribution is 2.47. The van der Waals surface area contributed by atoms with E-state index >= 15 is 0 Å². The summed E-state index contributed by atoms with van der Waals surface area (Å²) in [5.41, 5.74) is 0.151. The molecule has 0 radical (unpaired) electrons. The van der Waals surface area contributed by atoms with Crippen LogP contribution in [0.2, 0.25) is 25.7 Å². The third kappa shape index (κ3) is 6.63. The molecule has 0 aromatic carbocycles. The first kappa shape index (κ1) is 23.0. The summed E-state index contributed by atoms with van der Waals surface area (Å²) >= 11 is 0. The maximum absolute atomic E-state index is 13.3. The molecular formula is C16H31N2O6PSi. The Morgan fingerprint density at radius 2 is 1.77 bits per heavy atom.